The summed E-state index contributed by atoms with van der Waals surface area (Å²) in [4.78, 5) is 38.4. The Balaban J connectivity index is 2.11. The second-order valence-electron chi connectivity index (χ2n) is 4.76. The van der Waals surface area contributed by atoms with Gasteiger partial charge in [-0.15, -0.1) is 0 Å². The van der Waals surface area contributed by atoms with Crippen LogP contribution in [0.4, 0.5) is 0 Å². The summed E-state index contributed by atoms with van der Waals surface area (Å²) in [7, 11) is -4.02. The van der Waals surface area contributed by atoms with E-state index in [0.29, 0.717) is 0 Å². The van der Waals surface area contributed by atoms with Gasteiger partial charge in [-0.2, -0.15) is 0 Å². The van der Waals surface area contributed by atoms with Crippen molar-refractivity contribution in [3.63, 3.8) is 0 Å². The van der Waals surface area contributed by atoms with Crippen LogP contribution in [0.15, 0.2) is 53.6 Å². The minimum atomic E-state index is -4.02. The molecule has 0 saturated heterocycles. The molecule has 0 aliphatic heterocycles. The zero-order valence-electron chi connectivity index (χ0n) is 12.8. The molecule has 9 nitrogen and oxygen atoms in total. The molecule has 1 aromatic heterocycles. The molecule has 0 aliphatic rings. The molecule has 25 heavy (non-hydrogen) atoms. The Labute approximate surface area is 143 Å². The Morgan fingerprint density at radius 3 is 2.24 bits per heavy atom. The summed E-state index contributed by atoms with van der Waals surface area (Å²) in [5.41, 5.74) is 4.89. The molecule has 0 unspecified atom stereocenters. The van der Waals surface area contributed by atoms with Crippen LogP contribution in [0.3, 0.4) is 0 Å². The van der Waals surface area contributed by atoms with E-state index in [1.54, 1.807) is 6.07 Å². The van der Waals surface area contributed by atoms with Crippen molar-refractivity contribution in [1.82, 2.24) is 15.0 Å². The van der Waals surface area contributed by atoms with Gasteiger partial charge < -0.3 is 5.73 Å². The lowest BCUT2D eigenvalue weighted by atomic mass is 10.2. The van der Waals surface area contributed by atoms with Gasteiger partial charge in [0.15, 0.2) is 0 Å². The molecule has 0 radical (unpaired) electrons. The fraction of sp³-hybridized carbons (Fsp3) is 0.0667. The fourth-order valence-corrected chi connectivity index (χ4v) is 2.74. The first-order valence-corrected chi connectivity index (χ1v) is 8.44. The highest BCUT2D eigenvalue weighted by atomic mass is 32.2. The number of imide groups is 1. The number of carbonyl (C=O) groups is 3. The van der Waals surface area contributed by atoms with Gasteiger partial charge in [-0.25, -0.2) is 13.1 Å². The first kappa shape index (κ1) is 18.2. The number of nitrogens with two attached hydrogens (primary N) is 1. The fourth-order valence-electron chi connectivity index (χ4n) is 1.74. The van der Waals surface area contributed by atoms with Crippen LogP contribution in [0.5, 0.6) is 0 Å². The maximum atomic E-state index is 12.1. The molecular weight excluding hydrogens is 348 g/mol. The third-order valence-corrected chi connectivity index (χ3v) is 4.32. The van der Waals surface area contributed by atoms with Gasteiger partial charge >= 0.3 is 0 Å². The van der Waals surface area contributed by atoms with Crippen molar-refractivity contribution in [3.8, 4) is 0 Å². The van der Waals surface area contributed by atoms with Crippen molar-refractivity contribution in [2.24, 2.45) is 5.73 Å². The van der Waals surface area contributed by atoms with Crippen molar-refractivity contribution in [2.45, 2.75) is 4.90 Å². The Kier molecular flexibility index (Phi) is 5.57. The molecule has 0 spiro atoms. The Morgan fingerprint density at radius 2 is 1.68 bits per heavy atom. The second kappa shape index (κ2) is 7.64. The maximum Gasteiger partial charge on any atom is 0.276 e. The highest BCUT2D eigenvalue weighted by molar-refractivity contribution is 7.90. The molecule has 1 aromatic carbocycles. The first-order chi connectivity index (χ1) is 11.8. The van der Waals surface area contributed by atoms with E-state index in [-0.39, 0.29) is 22.7 Å². The standard InChI is InChI=1S/C15H14N4O5S/c16-8-13(20)18-15(22)12-7-6-10(9-17-12)14(21)19-25(23,24)11-4-2-1-3-5-11/h1-7,9H,8,16H2,(H,19,21)(H,18,20,22). The molecule has 4 N–H and O–H groups in total. The van der Waals surface area contributed by atoms with Crippen LogP contribution in [-0.2, 0) is 14.8 Å². The molecule has 0 aliphatic carbocycles. The summed E-state index contributed by atoms with van der Waals surface area (Å²) < 4.78 is 26.1. The summed E-state index contributed by atoms with van der Waals surface area (Å²) in [5, 5.41) is 1.99. The molecule has 1 heterocycles. The number of hydrogen-bond donors (Lipinski definition) is 3. The van der Waals surface area contributed by atoms with E-state index in [9.17, 15) is 22.8 Å². The number of carbonyl (C=O) groups excluding carboxylic acids is 3. The highest BCUT2D eigenvalue weighted by Crippen LogP contribution is 2.09. The van der Waals surface area contributed by atoms with Crippen LogP contribution in [0.1, 0.15) is 20.8 Å². The topological polar surface area (TPSA) is 148 Å². The van der Waals surface area contributed by atoms with Crippen LogP contribution < -0.4 is 15.8 Å². The molecular formula is C15H14N4O5S. The highest BCUT2D eigenvalue weighted by Gasteiger charge is 2.19. The van der Waals surface area contributed by atoms with Crippen LogP contribution in [-0.4, -0.2) is 37.7 Å². The third-order valence-electron chi connectivity index (χ3n) is 2.98. The molecule has 0 fully saturated rings. The van der Waals surface area contributed by atoms with Gasteiger partial charge in [-0.05, 0) is 24.3 Å². The quantitative estimate of drug-likeness (QED) is 0.644. The number of pyridine rings is 1. The summed E-state index contributed by atoms with van der Waals surface area (Å²) in [6, 6.07) is 9.77. The predicted molar refractivity (Wildman–Crippen MR) is 86.9 cm³/mol. The van der Waals surface area contributed by atoms with E-state index >= 15 is 0 Å². The summed E-state index contributed by atoms with van der Waals surface area (Å²) >= 11 is 0. The maximum absolute atomic E-state index is 12.1. The van der Waals surface area contributed by atoms with E-state index < -0.39 is 27.7 Å². The molecule has 0 atom stereocenters. The lowest BCUT2D eigenvalue weighted by molar-refractivity contribution is -0.118. The van der Waals surface area contributed by atoms with Gasteiger partial charge in [0.2, 0.25) is 5.91 Å². The van der Waals surface area contributed by atoms with Gasteiger partial charge in [0.25, 0.3) is 21.8 Å². The average Bonchev–Trinajstić information content (AvgIpc) is 2.62. The monoisotopic (exact) mass is 362 g/mol. The lowest BCUT2D eigenvalue weighted by Gasteiger charge is -2.07. The Morgan fingerprint density at radius 1 is 1.00 bits per heavy atom. The van der Waals surface area contributed by atoms with Gasteiger partial charge in [-0.3, -0.25) is 24.7 Å². The first-order valence-electron chi connectivity index (χ1n) is 6.96. The molecule has 2 rings (SSSR count). The summed E-state index contributed by atoms with van der Waals surface area (Å²) in [6.45, 7) is -0.358. The average molecular weight is 362 g/mol. The molecule has 130 valence electrons. The minimum absolute atomic E-state index is 0.0624. The Hall–Kier alpha value is -3.11. The van der Waals surface area contributed by atoms with Gasteiger partial charge in [0, 0.05) is 6.20 Å². The largest absolute Gasteiger partial charge is 0.322 e. The number of nitrogens with one attached hydrogen (secondary N) is 2. The minimum Gasteiger partial charge on any atom is -0.322 e. The number of hydrogen-bond acceptors (Lipinski definition) is 7. The van der Waals surface area contributed by atoms with Gasteiger partial charge in [0.1, 0.15) is 5.69 Å². The van der Waals surface area contributed by atoms with Crippen molar-refractivity contribution in [1.29, 1.82) is 0 Å². The van der Waals surface area contributed by atoms with Gasteiger partial charge in [-0.1, -0.05) is 18.2 Å². The Bertz CT molecular complexity index is 895. The molecule has 0 bridgehead atoms. The second-order valence-corrected chi connectivity index (χ2v) is 6.44. The van der Waals surface area contributed by atoms with E-state index in [1.807, 2.05) is 10.0 Å². The molecule has 2 aromatic rings. The molecule has 10 heteroatoms. The van der Waals surface area contributed by atoms with E-state index in [2.05, 4.69) is 4.98 Å². The zero-order chi connectivity index (χ0) is 18.4. The smallest absolute Gasteiger partial charge is 0.276 e. The van der Waals surface area contributed by atoms with E-state index in [4.69, 9.17) is 5.73 Å². The van der Waals surface area contributed by atoms with Crippen LogP contribution in [0.25, 0.3) is 0 Å². The number of nitrogens with zero attached hydrogens (tertiary/aromatic N) is 1. The SMILES string of the molecule is NCC(=O)NC(=O)c1ccc(C(=O)NS(=O)(=O)c2ccccc2)cn1. The van der Waals surface area contributed by atoms with Crippen molar-refractivity contribution in [2.75, 3.05) is 6.54 Å². The summed E-state index contributed by atoms with van der Waals surface area (Å²) in [5.74, 6) is -2.36. The lowest BCUT2D eigenvalue weighted by Crippen LogP contribution is -2.36. The summed E-state index contributed by atoms with van der Waals surface area (Å²) in [6.07, 6.45) is 1.03. The van der Waals surface area contributed by atoms with Crippen LogP contribution in [0, 0.1) is 0 Å². The zero-order valence-corrected chi connectivity index (χ0v) is 13.6. The predicted octanol–water partition coefficient (Wildman–Crippen LogP) is -0.585. The number of aromatic nitrogens is 1. The molecule has 3 amide bonds. The van der Waals surface area contributed by atoms with Crippen molar-refractivity contribution in [3.05, 3.63) is 59.9 Å². The van der Waals surface area contributed by atoms with Crippen molar-refractivity contribution >= 4 is 27.7 Å². The van der Waals surface area contributed by atoms with Crippen LogP contribution in [0.2, 0.25) is 0 Å². The normalized spacial score (nSPS) is 10.8. The third kappa shape index (κ3) is 4.68. The van der Waals surface area contributed by atoms with Gasteiger partial charge in [0.05, 0.1) is 17.0 Å². The van der Waals surface area contributed by atoms with E-state index in [1.165, 1.54) is 36.4 Å². The van der Waals surface area contributed by atoms with Crippen LogP contribution >= 0.6 is 0 Å². The molecule has 0 saturated carbocycles. The number of rotatable bonds is 5. The van der Waals surface area contributed by atoms with E-state index in [0.717, 1.165) is 6.20 Å². The number of amides is 3. The number of sulfonamides is 1. The van der Waals surface area contributed by atoms with Crippen molar-refractivity contribution < 1.29 is 22.8 Å². The number of benzene rings is 1.